The molecule has 4 nitrogen and oxygen atoms in total. The van der Waals surface area contributed by atoms with Crippen LogP contribution in [-0.2, 0) is 13.0 Å². The summed E-state index contributed by atoms with van der Waals surface area (Å²) < 4.78 is 0. The Morgan fingerprint density at radius 1 is 1.10 bits per heavy atom. The van der Waals surface area contributed by atoms with E-state index in [1.54, 1.807) is 0 Å². The Morgan fingerprint density at radius 3 is 2.43 bits per heavy atom. The fraction of sp³-hybridized carbons (Fsp3) is 0.588. The van der Waals surface area contributed by atoms with E-state index in [4.69, 9.17) is 4.99 Å². The molecule has 0 saturated carbocycles. The number of hydrogen-bond donors (Lipinski definition) is 0. The number of nitrogens with zero attached hydrogens (tertiary/aromatic N) is 4. The van der Waals surface area contributed by atoms with Crippen molar-refractivity contribution in [1.29, 1.82) is 0 Å². The first-order chi connectivity index (χ1) is 10.1. The Bertz CT molecular complexity index is 469. The zero-order valence-electron chi connectivity index (χ0n) is 13.8. The molecule has 1 aromatic rings. The van der Waals surface area contributed by atoms with Gasteiger partial charge < -0.3 is 9.80 Å². The zero-order chi connectivity index (χ0) is 15.2. The minimum atomic E-state index is 0.893. The molecule has 0 bridgehead atoms. The molecule has 1 aliphatic heterocycles. The Hall–Kier alpha value is -1.55. The predicted octanol–water partition coefficient (Wildman–Crippen LogP) is 1.91. The maximum Gasteiger partial charge on any atom is 0.195 e. The van der Waals surface area contributed by atoms with E-state index in [-0.39, 0.29) is 0 Å². The lowest BCUT2D eigenvalue weighted by molar-refractivity contribution is 0.252. The van der Waals surface area contributed by atoms with Gasteiger partial charge in [0, 0.05) is 54.4 Å². The fourth-order valence-corrected chi connectivity index (χ4v) is 2.90. The molecule has 0 aliphatic carbocycles. The number of guanidine groups is 1. The molecule has 1 aliphatic rings. The van der Waals surface area contributed by atoms with E-state index in [9.17, 15) is 0 Å². The Labute approximate surface area is 129 Å². The third-order valence-electron chi connectivity index (χ3n) is 3.90. The van der Waals surface area contributed by atoms with Gasteiger partial charge in [-0.2, -0.15) is 0 Å². The summed E-state index contributed by atoms with van der Waals surface area (Å²) in [6.07, 6.45) is 2.30. The summed E-state index contributed by atoms with van der Waals surface area (Å²) in [5.41, 5.74) is 3.02. The van der Waals surface area contributed by atoms with Crippen molar-refractivity contribution in [3.63, 3.8) is 0 Å². The van der Waals surface area contributed by atoms with Crippen LogP contribution in [0.3, 0.4) is 0 Å². The van der Waals surface area contributed by atoms with Crippen LogP contribution in [0.4, 0.5) is 0 Å². The van der Waals surface area contributed by atoms with Crippen molar-refractivity contribution in [2.45, 2.75) is 19.4 Å². The van der Waals surface area contributed by atoms with Crippen LogP contribution in [0.2, 0.25) is 0 Å². The molecule has 0 amide bonds. The van der Waals surface area contributed by atoms with Gasteiger partial charge >= 0.3 is 0 Å². The fourth-order valence-electron chi connectivity index (χ4n) is 2.90. The molecule has 0 atom stereocenters. The molecule has 1 aromatic carbocycles. The SMILES string of the molecule is CN(C)C(=NCCCN1CCc2ccccc2C1)N(C)C. The summed E-state index contributed by atoms with van der Waals surface area (Å²) in [6.45, 7) is 4.29. The highest BCUT2D eigenvalue weighted by molar-refractivity contribution is 5.79. The van der Waals surface area contributed by atoms with Gasteiger partial charge in [-0.1, -0.05) is 24.3 Å². The van der Waals surface area contributed by atoms with E-state index in [0.717, 1.165) is 32.0 Å². The van der Waals surface area contributed by atoms with Crippen LogP contribution in [0.15, 0.2) is 29.3 Å². The molecule has 0 aromatic heterocycles. The van der Waals surface area contributed by atoms with Gasteiger partial charge in [0.1, 0.15) is 0 Å². The third kappa shape index (κ3) is 4.46. The highest BCUT2D eigenvalue weighted by atomic mass is 15.3. The van der Waals surface area contributed by atoms with Crippen molar-refractivity contribution < 1.29 is 0 Å². The topological polar surface area (TPSA) is 22.1 Å². The lowest BCUT2D eigenvalue weighted by atomic mass is 10.00. The van der Waals surface area contributed by atoms with Crippen LogP contribution >= 0.6 is 0 Å². The summed E-state index contributed by atoms with van der Waals surface area (Å²) in [4.78, 5) is 11.4. The first kappa shape index (κ1) is 15.8. The number of fused-ring (bicyclic) bond motifs is 1. The molecule has 0 saturated heterocycles. The van der Waals surface area contributed by atoms with Crippen molar-refractivity contribution in [2.75, 3.05) is 47.8 Å². The van der Waals surface area contributed by atoms with Crippen LogP contribution in [0, 0.1) is 0 Å². The van der Waals surface area contributed by atoms with Gasteiger partial charge in [0.2, 0.25) is 0 Å². The monoisotopic (exact) mass is 288 g/mol. The molecule has 0 fully saturated rings. The third-order valence-corrected chi connectivity index (χ3v) is 3.90. The van der Waals surface area contributed by atoms with Crippen molar-refractivity contribution in [2.24, 2.45) is 4.99 Å². The second-order valence-corrected chi connectivity index (χ2v) is 6.12. The highest BCUT2D eigenvalue weighted by Crippen LogP contribution is 2.18. The number of aliphatic imine (C=N–C) groups is 1. The molecule has 0 spiro atoms. The van der Waals surface area contributed by atoms with Gasteiger partial charge in [0.15, 0.2) is 5.96 Å². The first-order valence-electron chi connectivity index (χ1n) is 7.76. The van der Waals surface area contributed by atoms with Crippen LogP contribution in [0.1, 0.15) is 17.5 Å². The Kier molecular flexibility index (Phi) is 5.62. The van der Waals surface area contributed by atoms with Gasteiger partial charge in [0.05, 0.1) is 0 Å². The van der Waals surface area contributed by atoms with Gasteiger partial charge in [-0.25, -0.2) is 0 Å². The molecule has 2 rings (SSSR count). The molecule has 116 valence electrons. The van der Waals surface area contributed by atoms with Crippen LogP contribution in [0.25, 0.3) is 0 Å². The van der Waals surface area contributed by atoms with Gasteiger partial charge in [-0.3, -0.25) is 9.89 Å². The Morgan fingerprint density at radius 2 is 1.76 bits per heavy atom. The van der Waals surface area contributed by atoms with Gasteiger partial charge in [-0.15, -0.1) is 0 Å². The molecular formula is C17H28N4. The maximum absolute atomic E-state index is 4.69. The summed E-state index contributed by atoms with van der Waals surface area (Å²) in [5, 5.41) is 0. The van der Waals surface area contributed by atoms with Crippen molar-refractivity contribution in [3.8, 4) is 0 Å². The van der Waals surface area contributed by atoms with Crippen molar-refractivity contribution >= 4 is 5.96 Å². The van der Waals surface area contributed by atoms with E-state index >= 15 is 0 Å². The van der Waals surface area contributed by atoms with E-state index < -0.39 is 0 Å². The quantitative estimate of drug-likeness (QED) is 0.480. The predicted molar refractivity (Wildman–Crippen MR) is 89.7 cm³/mol. The average Bonchev–Trinajstić information content (AvgIpc) is 2.46. The van der Waals surface area contributed by atoms with Crippen LogP contribution < -0.4 is 0 Å². The smallest absolute Gasteiger partial charge is 0.195 e. The number of rotatable bonds is 4. The summed E-state index contributed by atoms with van der Waals surface area (Å²) in [7, 11) is 8.17. The summed E-state index contributed by atoms with van der Waals surface area (Å²) in [6, 6.07) is 8.81. The second kappa shape index (κ2) is 7.46. The molecule has 0 radical (unpaired) electrons. The maximum atomic E-state index is 4.69. The average molecular weight is 288 g/mol. The lowest BCUT2D eigenvalue weighted by Gasteiger charge is -2.28. The van der Waals surface area contributed by atoms with E-state index in [1.165, 1.54) is 24.1 Å². The molecule has 21 heavy (non-hydrogen) atoms. The van der Waals surface area contributed by atoms with E-state index in [2.05, 4.69) is 39.0 Å². The second-order valence-electron chi connectivity index (χ2n) is 6.12. The van der Waals surface area contributed by atoms with Crippen LogP contribution in [-0.4, -0.2) is 68.5 Å². The molecular weight excluding hydrogens is 260 g/mol. The molecule has 0 N–H and O–H groups in total. The minimum absolute atomic E-state index is 0.893. The minimum Gasteiger partial charge on any atom is -0.349 e. The lowest BCUT2D eigenvalue weighted by Crippen LogP contribution is -2.36. The first-order valence-corrected chi connectivity index (χ1v) is 7.76. The number of hydrogen-bond acceptors (Lipinski definition) is 2. The van der Waals surface area contributed by atoms with Crippen molar-refractivity contribution in [1.82, 2.24) is 14.7 Å². The van der Waals surface area contributed by atoms with Crippen LogP contribution in [0.5, 0.6) is 0 Å². The highest BCUT2D eigenvalue weighted by Gasteiger charge is 2.14. The Balaban J connectivity index is 1.79. The summed E-state index contributed by atoms with van der Waals surface area (Å²) in [5.74, 6) is 1.04. The normalized spacial score (nSPS) is 14.5. The van der Waals surface area contributed by atoms with Gasteiger partial charge in [-0.05, 0) is 24.0 Å². The molecule has 0 unspecified atom stereocenters. The summed E-state index contributed by atoms with van der Waals surface area (Å²) >= 11 is 0. The zero-order valence-corrected chi connectivity index (χ0v) is 13.8. The van der Waals surface area contributed by atoms with Gasteiger partial charge in [0.25, 0.3) is 0 Å². The largest absolute Gasteiger partial charge is 0.349 e. The standard InChI is InChI=1S/C17H28N4/c1-19(2)17(20(3)4)18-11-7-12-21-13-10-15-8-5-6-9-16(15)14-21/h5-6,8-9H,7,10-14H2,1-4H3. The van der Waals surface area contributed by atoms with E-state index in [1.807, 2.05) is 28.2 Å². The van der Waals surface area contributed by atoms with E-state index in [0.29, 0.717) is 0 Å². The molecule has 1 heterocycles. The number of benzene rings is 1. The molecule has 4 heteroatoms. The van der Waals surface area contributed by atoms with Crippen molar-refractivity contribution in [3.05, 3.63) is 35.4 Å².